The Morgan fingerprint density at radius 2 is 1.79 bits per heavy atom. The minimum atomic E-state index is -0.129. The van der Waals surface area contributed by atoms with Gasteiger partial charge in [-0.05, 0) is 75.6 Å². The number of rotatable bonds is 11. The van der Waals surface area contributed by atoms with Gasteiger partial charge in [0.1, 0.15) is 5.75 Å². The summed E-state index contributed by atoms with van der Waals surface area (Å²) in [5, 5.41) is 2.91. The number of hydrogen-bond acceptors (Lipinski definition) is 4. The van der Waals surface area contributed by atoms with Crippen molar-refractivity contribution in [2.24, 2.45) is 0 Å². The van der Waals surface area contributed by atoms with Crippen LogP contribution < -0.4 is 19.5 Å². The van der Waals surface area contributed by atoms with Crippen LogP contribution in [0.25, 0.3) is 6.08 Å². The molecule has 0 spiro atoms. The van der Waals surface area contributed by atoms with Crippen molar-refractivity contribution in [2.75, 3.05) is 19.8 Å². The van der Waals surface area contributed by atoms with E-state index in [9.17, 15) is 4.79 Å². The molecule has 0 aliphatic heterocycles. The summed E-state index contributed by atoms with van der Waals surface area (Å²) in [6, 6.07) is 13.6. The Bertz CT molecular complexity index is 814. The van der Waals surface area contributed by atoms with Crippen LogP contribution in [0.2, 0.25) is 0 Å². The number of carbonyl (C=O) groups excluding carboxylic acids is 1. The third kappa shape index (κ3) is 7.90. The number of carbonyl (C=O) groups is 1. The molecule has 0 atom stereocenters. The van der Waals surface area contributed by atoms with Gasteiger partial charge in [0.25, 0.3) is 0 Å². The van der Waals surface area contributed by atoms with E-state index in [1.54, 1.807) is 6.08 Å². The molecule has 0 radical (unpaired) electrons. The molecule has 0 unspecified atom stereocenters. The standard InChI is InChI=1S/C24H31NO4/c1-5-27-22-12-10-20(17-23(22)28-6-2)14-15-25-24(26)13-11-19-8-7-9-21(16-19)29-18(3)4/h7-13,16-18H,5-6,14-15H2,1-4H3,(H,25,26)/b13-11+. The second-order valence-electron chi connectivity index (χ2n) is 6.76. The molecule has 1 amide bonds. The average Bonchev–Trinajstić information content (AvgIpc) is 2.68. The zero-order chi connectivity index (χ0) is 21.1. The molecule has 29 heavy (non-hydrogen) atoms. The SMILES string of the molecule is CCOc1ccc(CCNC(=O)/C=C/c2cccc(OC(C)C)c2)cc1OCC. The highest BCUT2D eigenvalue weighted by Crippen LogP contribution is 2.28. The smallest absolute Gasteiger partial charge is 0.244 e. The molecule has 0 fully saturated rings. The summed E-state index contributed by atoms with van der Waals surface area (Å²) in [5.74, 6) is 2.15. The van der Waals surface area contributed by atoms with E-state index >= 15 is 0 Å². The van der Waals surface area contributed by atoms with Crippen LogP contribution in [-0.2, 0) is 11.2 Å². The summed E-state index contributed by atoms with van der Waals surface area (Å²) in [5.41, 5.74) is 2.01. The van der Waals surface area contributed by atoms with Crippen molar-refractivity contribution in [1.82, 2.24) is 5.32 Å². The predicted molar refractivity (Wildman–Crippen MR) is 117 cm³/mol. The first-order valence-electron chi connectivity index (χ1n) is 10.1. The van der Waals surface area contributed by atoms with Crippen LogP contribution in [0, 0.1) is 0 Å². The minimum Gasteiger partial charge on any atom is -0.491 e. The van der Waals surface area contributed by atoms with Crippen molar-refractivity contribution in [3.05, 3.63) is 59.7 Å². The number of benzene rings is 2. The monoisotopic (exact) mass is 397 g/mol. The molecule has 0 saturated heterocycles. The van der Waals surface area contributed by atoms with Gasteiger partial charge in [0.2, 0.25) is 5.91 Å². The molecule has 5 nitrogen and oxygen atoms in total. The Morgan fingerprint density at radius 1 is 1.03 bits per heavy atom. The quantitative estimate of drug-likeness (QED) is 0.561. The maximum atomic E-state index is 12.1. The fourth-order valence-corrected chi connectivity index (χ4v) is 2.78. The lowest BCUT2D eigenvalue weighted by molar-refractivity contribution is -0.116. The van der Waals surface area contributed by atoms with E-state index in [1.807, 2.05) is 70.2 Å². The Hall–Kier alpha value is -2.95. The number of hydrogen-bond donors (Lipinski definition) is 1. The van der Waals surface area contributed by atoms with Crippen LogP contribution in [0.15, 0.2) is 48.5 Å². The van der Waals surface area contributed by atoms with Gasteiger partial charge in [0, 0.05) is 12.6 Å². The summed E-state index contributed by atoms with van der Waals surface area (Å²) < 4.78 is 16.9. The molecular weight excluding hydrogens is 366 g/mol. The largest absolute Gasteiger partial charge is 0.491 e. The number of nitrogens with one attached hydrogen (secondary N) is 1. The zero-order valence-electron chi connectivity index (χ0n) is 17.7. The van der Waals surface area contributed by atoms with Gasteiger partial charge < -0.3 is 19.5 Å². The Balaban J connectivity index is 1.86. The maximum Gasteiger partial charge on any atom is 0.244 e. The molecule has 2 aromatic carbocycles. The Labute approximate surface area is 173 Å². The van der Waals surface area contributed by atoms with Crippen molar-refractivity contribution in [1.29, 1.82) is 0 Å². The van der Waals surface area contributed by atoms with Crippen molar-refractivity contribution in [3.63, 3.8) is 0 Å². The predicted octanol–water partition coefficient (Wildman–Crippen LogP) is 4.64. The summed E-state index contributed by atoms with van der Waals surface area (Å²) in [7, 11) is 0. The van der Waals surface area contributed by atoms with E-state index in [1.165, 1.54) is 6.08 Å². The van der Waals surface area contributed by atoms with Gasteiger partial charge in [0.05, 0.1) is 19.3 Å². The van der Waals surface area contributed by atoms with Crippen molar-refractivity contribution in [2.45, 2.75) is 40.2 Å². The summed E-state index contributed by atoms with van der Waals surface area (Å²) >= 11 is 0. The van der Waals surface area contributed by atoms with E-state index in [4.69, 9.17) is 14.2 Å². The lowest BCUT2D eigenvalue weighted by Gasteiger charge is -2.12. The highest BCUT2D eigenvalue weighted by Gasteiger charge is 2.06. The fraction of sp³-hybridized carbons (Fsp3) is 0.375. The first-order valence-corrected chi connectivity index (χ1v) is 10.1. The van der Waals surface area contributed by atoms with Gasteiger partial charge in [-0.1, -0.05) is 18.2 Å². The fourth-order valence-electron chi connectivity index (χ4n) is 2.78. The average molecular weight is 398 g/mol. The first kappa shape index (κ1) is 22.3. The van der Waals surface area contributed by atoms with Crippen LogP contribution in [0.3, 0.4) is 0 Å². The van der Waals surface area contributed by atoms with Crippen LogP contribution >= 0.6 is 0 Å². The van der Waals surface area contributed by atoms with Gasteiger partial charge in [-0.25, -0.2) is 0 Å². The van der Waals surface area contributed by atoms with Gasteiger partial charge in [-0.3, -0.25) is 4.79 Å². The van der Waals surface area contributed by atoms with Gasteiger partial charge in [0.15, 0.2) is 11.5 Å². The molecule has 156 valence electrons. The van der Waals surface area contributed by atoms with Crippen LogP contribution in [0.4, 0.5) is 0 Å². The van der Waals surface area contributed by atoms with Gasteiger partial charge >= 0.3 is 0 Å². The number of amides is 1. The first-order chi connectivity index (χ1) is 14.0. The topological polar surface area (TPSA) is 56.8 Å². The van der Waals surface area contributed by atoms with Crippen LogP contribution in [-0.4, -0.2) is 31.8 Å². The maximum absolute atomic E-state index is 12.1. The molecule has 0 aliphatic rings. The summed E-state index contributed by atoms with van der Waals surface area (Å²) in [4.78, 5) is 12.1. The lowest BCUT2D eigenvalue weighted by atomic mass is 10.1. The van der Waals surface area contributed by atoms with Gasteiger partial charge in [-0.15, -0.1) is 0 Å². The molecule has 0 aromatic heterocycles. The van der Waals surface area contributed by atoms with Crippen LogP contribution in [0.1, 0.15) is 38.8 Å². The second kappa shape index (κ2) is 11.8. The lowest BCUT2D eigenvalue weighted by Crippen LogP contribution is -2.23. The Morgan fingerprint density at radius 3 is 2.52 bits per heavy atom. The van der Waals surface area contributed by atoms with Crippen LogP contribution in [0.5, 0.6) is 17.2 Å². The summed E-state index contributed by atoms with van der Waals surface area (Å²) in [6.07, 6.45) is 4.15. The Kier molecular flexibility index (Phi) is 9.09. The third-order valence-corrected chi connectivity index (χ3v) is 3.98. The number of ether oxygens (including phenoxy) is 3. The molecule has 0 bridgehead atoms. The molecule has 2 rings (SSSR count). The molecule has 1 N–H and O–H groups in total. The van der Waals surface area contributed by atoms with E-state index in [-0.39, 0.29) is 12.0 Å². The highest BCUT2D eigenvalue weighted by molar-refractivity contribution is 5.91. The molecule has 2 aromatic rings. The second-order valence-corrected chi connectivity index (χ2v) is 6.76. The zero-order valence-corrected chi connectivity index (χ0v) is 17.7. The van der Waals surface area contributed by atoms with E-state index < -0.39 is 0 Å². The molecule has 0 heterocycles. The van der Waals surface area contributed by atoms with Crippen molar-refractivity contribution >= 4 is 12.0 Å². The van der Waals surface area contributed by atoms with Crippen molar-refractivity contribution in [3.8, 4) is 17.2 Å². The van der Waals surface area contributed by atoms with E-state index in [0.29, 0.717) is 26.2 Å². The molecule has 0 aliphatic carbocycles. The summed E-state index contributed by atoms with van der Waals surface area (Å²) in [6.45, 7) is 9.57. The normalized spacial score (nSPS) is 10.9. The molecule has 0 saturated carbocycles. The van der Waals surface area contributed by atoms with Crippen molar-refractivity contribution < 1.29 is 19.0 Å². The van der Waals surface area contributed by atoms with E-state index in [0.717, 1.165) is 28.4 Å². The molecule has 5 heteroatoms. The highest BCUT2D eigenvalue weighted by atomic mass is 16.5. The molecular formula is C24H31NO4. The minimum absolute atomic E-state index is 0.114. The van der Waals surface area contributed by atoms with Gasteiger partial charge in [-0.2, -0.15) is 0 Å². The third-order valence-electron chi connectivity index (χ3n) is 3.98. The van der Waals surface area contributed by atoms with E-state index in [2.05, 4.69) is 5.32 Å².